The van der Waals surface area contributed by atoms with Gasteiger partial charge in [-0.15, -0.1) is 0 Å². The van der Waals surface area contributed by atoms with E-state index < -0.39 is 35.0 Å². The summed E-state index contributed by atoms with van der Waals surface area (Å²) in [7, 11) is 6.25. The predicted molar refractivity (Wildman–Crippen MR) is 386 cm³/mol. The van der Waals surface area contributed by atoms with E-state index in [1.54, 1.807) is 23.9 Å². The van der Waals surface area contributed by atoms with Crippen molar-refractivity contribution in [3.05, 3.63) is 141 Å². The Hall–Kier alpha value is -7.12. The van der Waals surface area contributed by atoms with Crippen molar-refractivity contribution in [2.24, 2.45) is 23.7 Å². The number of carbonyl (C=O) groups is 6. The molecule has 0 N–H and O–H groups in total. The van der Waals surface area contributed by atoms with Gasteiger partial charge < -0.3 is 57.5 Å². The van der Waals surface area contributed by atoms with E-state index in [-0.39, 0.29) is 96.5 Å². The van der Waals surface area contributed by atoms with Crippen LogP contribution >= 0.6 is 23.2 Å². The molecule has 4 aliphatic heterocycles. The molecule has 0 radical (unpaired) electrons. The van der Waals surface area contributed by atoms with Gasteiger partial charge in [0.05, 0.1) is 62.9 Å². The number of hydrogen-bond donors (Lipinski definition) is 0. The van der Waals surface area contributed by atoms with Gasteiger partial charge in [0, 0.05) is 87.1 Å². The van der Waals surface area contributed by atoms with Crippen LogP contribution in [-0.4, -0.2) is 163 Å². The highest BCUT2D eigenvalue weighted by molar-refractivity contribution is 6.31. The number of amides is 2. The lowest BCUT2D eigenvalue weighted by molar-refractivity contribution is -0.164. The molecule has 2 saturated carbocycles. The van der Waals surface area contributed by atoms with E-state index in [0.29, 0.717) is 39.1 Å². The fourth-order valence-electron chi connectivity index (χ4n) is 16.4. The zero-order valence-electron chi connectivity index (χ0n) is 60.1. The number of ether oxygens (including phenoxy) is 8. The molecule has 4 bridgehead atoms. The first kappa shape index (κ1) is 74.1. The number of fused-ring (bicyclic) bond motifs is 8. The van der Waals surface area contributed by atoms with Gasteiger partial charge in [0.15, 0.2) is 0 Å². The number of anilines is 2. The van der Waals surface area contributed by atoms with Crippen LogP contribution < -0.4 is 19.3 Å². The largest absolute Gasteiger partial charge is 0.490 e. The maximum Gasteiger partial charge on any atom is 0.332 e. The Morgan fingerprint density at radius 2 is 0.970 bits per heavy atom. The lowest BCUT2D eigenvalue weighted by atomic mass is 9.68. The van der Waals surface area contributed by atoms with Crippen LogP contribution in [0.1, 0.15) is 164 Å². The molecule has 540 valence electrons. The third-order valence-electron chi connectivity index (χ3n) is 21.8. The Kier molecular flexibility index (Phi) is 23.4. The average molecular weight is 1410 g/mol. The summed E-state index contributed by atoms with van der Waals surface area (Å²) in [5, 5.41) is 1.48. The second-order valence-corrected chi connectivity index (χ2v) is 31.9. The van der Waals surface area contributed by atoms with E-state index in [0.717, 1.165) is 134 Å². The van der Waals surface area contributed by atoms with Crippen LogP contribution in [-0.2, 0) is 80.9 Å². The number of rotatable bonds is 8. The summed E-state index contributed by atoms with van der Waals surface area (Å²) >= 11 is 12.9. The maximum absolute atomic E-state index is 13.5. The SMILES string of the molecule is COC(=O)[C@@H]1CC(=O)N(C)CC/C=C/[C@H](OCC(=O)OC(C)(C)C)[C@@H]2CC[C@H]2CN2C[C@@]3(CCCc4cc(Cl)ccc43)COc3ccc1cc32.COC(=O)[C@H]1CC(=O)N(C)CC/C=C/[C@H](OCC(=O)OC(C)(C)C)[C@@H]2CC[C@H]2CN2C[C@@]3(CCCc4cc(Cl)ccc43)COc3ccc1cc32. The van der Waals surface area contributed by atoms with E-state index >= 15 is 0 Å². The zero-order valence-corrected chi connectivity index (χ0v) is 61.6. The fourth-order valence-corrected chi connectivity index (χ4v) is 16.7. The van der Waals surface area contributed by atoms with Gasteiger partial charge in [-0.05, 0) is 224 Å². The van der Waals surface area contributed by atoms with Gasteiger partial charge in [-0.2, -0.15) is 0 Å². The molecule has 4 aromatic carbocycles. The Balaban J connectivity index is 0.000000202. The van der Waals surface area contributed by atoms with Gasteiger partial charge in [0.1, 0.15) is 35.9 Å². The van der Waals surface area contributed by atoms with Crippen molar-refractivity contribution in [3.63, 3.8) is 0 Å². The molecule has 20 heteroatoms. The van der Waals surface area contributed by atoms with Crippen LogP contribution in [0.5, 0.6) is 11.5 Å². The fraction of sp³-hybridized carbons (Fsp3) is 0.575. The molecule has 0 saturated heterocycles. The summed E-state index contributed by atoms with van der Waals surface area (Å²) in [5.41, 5.74) is 6.66. The number of esters is 4. The van der Waals surface area contributed by atoms with E-state index in [4.69, 9.17) is 61.1 Å². The molecule has 18 nitrogen and oxygen atoms in total. The average Bonchev–Trinajstić information content (AvgIpc) is 1.43. The third-order valence-corrected chi connectivity index (χ3v) is 22.2. The van der Waals surface area contributed by atoms with Crippen LogP contribution in [0.2, 0.25) is 10.0 Å². The van der Waals surface area contributed by atoms with Crippen LogP contribution in [0, 0.1) is 23.7 Å². The first-order valence-electron chi connectivity index (χ1n) is 36.0. The third kappa shape index (κ3) is 17.5. The molecule has 8 aliphatic rings. The van der Waals surface area contributed by atoms with Crippen molar-refractivity contribution in [1.29, 1.82) is 0 Å². The number of halogens is 2. The Morgan fingerprint density at radius 1 is 0.560 bits per heavy atom. The highest BCUT2D eigenvalue weighted by Crippen LogP contribution is 2.50. The van der Waals surface area contributed by atoms with Gasteiger partial charge >= 0.3 is 23.9 Å². The van der Waals surface area contributed by atoms with Crippen LogP contribution in [0.25, 0.3) is 0 Å². The van der Waals surface area contributed by atoms with E-state index in [9.17, 15) is 28.8 Å². The van der Waals surface area contributed by atoms with Crippen LogP contribution in [0.15, 0.2) is 97.1 Å². The molecule has 0 unspecified atom stereocenters. The number of benzene rings is 4. The van der Waals surface area contributed by atoms with Gasteiger partial charge in [-0.1, -0.05) is 71.8 Å². The number of nitrogens with zero attached hydrogens (tertiary/aromatic N) is 4. The normalized spacial score (nSPS) is 27.6. The van der Waals surface area contributed by atoms with Crippen molar-refractivity contribution >= 4 is 70.3 Å². The first-order chi connectivity index (χ1) is 47.7. The minimum Gasteiger partial charge on any atom is -0.490 e. The highest BCUT2D eigenvalue weighted by Gasteiger charge is 2.48. The monoisotopic (exact) mass is 1410 g/mol. The summed E-state index contributed by atoms with van der Waals surface area (Å²) in [6, 6.07) is 24.3. The molecule has 4 heterocycles. The summed E-state index contributed by atoms with van der Waals surface area (Å²) in [5.74, 6) is -0.956. The van der Waals surface area contributed by atoms with Crippen molar-refractivity contribution in [1.82, 2.24) is 9.80 Å². The molecule has 10 atom stereocenters. The smallest absolute Gasteiger partial charge is 0.332 e. The first-order valence-corrected chi connectivity index (χ1v) is 36.7. The van der Waals surface area contributed by atoms with Gasteiger partial charge in [0.2, 0.25) is 11.8 Å². The van der Waals surface area contributed by atoms with Crippen molar-refractivity contribution in [2.75, 3.05) is 104 Å². The summed E-state index contributed by atoms with van der Waals surface area (Å²) in [4.78, 5) is 87.0. The Bertz CT molecular complexity index is 3480. The van der Waals surface area contributed by atoms with Gasteiger partial charge in [-0.25, -0.2) is 9.59 Å². The standard InChI is InChI=1S/2C40H51ClN2O7/c2*1-39(2,3)50-37(45)23-48-34-10-6-7-18-42(4)36(44)21-31(38(46)47-5)26-12-16-35-33(20-26)43(22-28-11-14-30(28)34)24-40(25-49-35)17-8-9-27-19-29(41)13-15-32(27)40/h2*6,10,12-13,15-16,19-20,28,30-31,34H,7-9,11,14,17-18,21-25H2,1-5H3/b2*10-6+/t28-,30+,31+,34-,40-;28-,30+,31-,34-,40-/m00/s1. The molecule has 2 fully saturated rings. The van der Waals surface area contributed by atoms with Crippen LogP contribution in [0.3, 0.4) is 0 Å². The minimum absolute atomic E-state index is 0.00305. The molecule has 4 aromatic rings. The lowest BCUT2D eigenvalue weighted by Gasteiger charge is -2.46. The molecule has 0 aromatic heterocycles. The molecule has 4 aliphatic carbocycles. The zero-order chi connectivity index (χ0) is 71.3. The quantitative estimate of drug-likeness (QED) is 0.0919. The minimum atomic E-state index is -0.748. The van der Waals surface area contributed by atoms with E-state index in [1.165, 1.54) is 36.5 Å². The van der Waals surface area contributed by atoms with Crippen LogP contribution in [0.4, 0.5) is 11.4 Å². The maximum atomic E-state index is 13.5. The number of methoxy groups -OCH3 is 2. The summed E-state index contributed by atoms with van der Waals surface area (Å²) in [6.07, 6.45) is 18.8. The highest BCUT2D eigenvalue weighted by atomic mass is 35.5. The molecule has 12 rings (SSSR count). The predicted octanol–water partition coefficient (Wildman–Crippen LogP) is 13.3. The van der Waals surface area contributed by atoms with Gasteiger partial charge in [0.25, 0.3) is 0 Å². The molecule has 2 spiro atoms. The van der Waals surface area contributed by atoms with Crippen molar-refractivity contribution in [3.8, 4) is 11.5 Å². The Morgan fingerprint density at radius 3 is 1.34 bits per heavy atom. The van der Waals surface area contributed by atoms with Crippen molar-refractivity contribution in [2.45, 2.75) is 178 Å². The number of hydrogen-bond acceptors (Lipinski definition) is 16. The van der Waals surface area contributed by atoms with E-state index in [1.807, 2.05) is 102 Å². The molecule has 100 heavy (non-hydrogen) atoms. The summed E-state index contributed by atoms with van der Waals surface area (Å²) in [6.45, 7) is 15.8. The molecular weight excluding hydrogens is 1310 g/mol. The second kappa shape index (κ2) is 31.6. The summed E-state index contributed by atoms with van der Waals surface area (Å²) < 4.78 is 47.6. The Labute approximate surface area is 600 Å². The second-order valence-electron chi connectivity index (χ2n) is 31.0. The topological polar surface area (TPSA) is 189 Å². The number of carbonyl (C=O) groups excluding carboxylic acids is 6. The number of aryl methyl sites for hydroxylation is 2. The molecule has 2 amide bonds. The van der Waals surface area contributed by atoms with Gasteiger partial charge in [-0.3, -0.25) is 19.2 Å². The van der Waals surface area contributed by atoms with E-state index in [2.05, 4.69) is 46.2 Å². The lowest BCUT2D eigenvalue weighted by Crippen LogP contribution is -2.50. The van der Waals surface area contributed by atoms with Crippen molar-refractivity contribution < 1.29 is 66.7 Å². The molecular formula is C80H102Cl2N4O14.